The second-order valence-corrected chi connectivity index (χ2v) is 8.78. The number of anilines is 2. The van der Waals surface area contributed by atoms with E-state index < -0.39 is 0 Å². The standard InChI is InChI=1S/C26H29N3/c1-26(2)22-10-9-21(20-6-4-3-5-7-20)17-25(22)28-24-11-8-19(16-23(24)26)18-29-14-12-27-13-15-29/h3-11,16-17,27-28H,12-15,18H2,1-2H3. The van der Waals surface area contributed by atoms with Gasteiger partial charge in [-0.05, 0) is 39.9 Å². The van der Waals surface area contributed by atoms with Crippen LogP contribution in [0.4, 0.5) is 11.4 Å². The molecule has 1 saturated heterocycles. The average Bonchev–Trinajstić information content (AvgIpc) is 2.75. The van der Waals surface area contributed by atoms with Gasteiger partial charge in [-0.1, -0.05) is 68.4 Å². The molecule has 2 N–H and O–H groups in total. The lowest BCUT2D eigenvalue weighted by Gasteiger charge is -2.36. The number of benzene rings is 3. The van der Waals surface area contributed by atoms with Gasteiger partial charge in [0.25, 0.3) is 0 Å². The zero-order valence-corrected chi connectivity index (χ0v) is 17.3. The van der Waals surface area contributed by atoms with Crippen LogP contribution in [0.25, 0.3) is 11.1 Å². The molecular weight excluding hydrogens is 354 g/mol. The molecule has 0 amide bonds. The molecule has 0 atom stereocenters. The van der Waals surface area contributed by atoms with Crippen molar-refractivity contribution in [2.75, 3.05) is 31.5 Å². The fraction of sp³-hybridized carbons (Fsp3) is 0.308. The molecule has 0 radical (unpaired) electrons. The summed E-state index contributed by atoms with van der Waals surface area (Å²) in [6, 6.07) is 24.4. The van der Waals surface area contributed by atoms with Crippen LogP contribution in [-0.4, -0.2) is 31.1 Å². The van der Waals surface area contributed by atoms with Crippen LogP contribution >= 0.6 is 0 Å². The Morgan fingerprint density at radius 3 is 2.38 bits per heavy atom. The van der Waals surface area contributed by atoms with E-state index in [0.717, 1.165) is 32.7 Å². The SMILES string of the molecule is CC1(C)c2ccc(-c3ccccc3)cc2Nc2ccc(CN3CCNCC3)cc21. The van der Waals surface area contributed by atoms with Crippen LogP contribution in [-0.2, 0) is 12.0 Å². The molecule has 3 nitrogen and oxygen atoms in total. The molecule has 148 valence electrons. The predicted octanol–water partition coefficient (Wildman–Crippen LogP) is 5.14. The highest BCUT2D eigenvalue weighted by atomic mass is 15.2. The molecule has 2 aliphatic heterocycles. The van der Waals surface area contributed by atoms with Crippen LogP contribution in [0.2, 0.25) is 0 Å². The number of fused-ring (bicyclic) bond motifs is 2. The summed E-state index contributed by atoms with van der Waals surface area (Å²) in [5.74, 6) is 0. The zero-order valence-electron chi connectivity index (χ0n) is 17.3. The van der Waals surface area contributed by atoms with Gasteiger partial charge in [0.1, 0.15) is 0 Å². The molecule has 0 bridgehead atoms. The highest BCUT2D eigenvalue weighted by Crippen LogP contribution is 2.46. The van der Waals surface area contributed by atoms with E-state index >= 15 is 0 Å². The van der Waals surface area contributed by atoms with E-state index in [-0.39, 0.29) is 5.41 Å². The third kappa shape index (κ3) is 3.45. The summed E-state index contributed by atoms with van der Waals surface area (Å²) in [7, 11) is 0. The van der Waals surface area contributed by atoms with Gasteiger partial charge in [0.2, 0.25) is 0 Å². The minimum Gasteiger partial charge on any atom is -0.355 e. The van der Waals surface area contributed by atoms with Crippen molar-refractivity contribution in [1.29, 1.82) is 0 Å². The lowest BCUT2D eigenvalue weighted by Crippen LogP contribution is -2.42. The third-order valence-electron chi connectivity index (χ3n) is 6.44. The van der Waals surface area contributed by atoms with Crippen LogP contribution in [0.1, 0.15) is 30.5 Å². The topological polar surface area (TPSA) is 27.3 Å². The first-order chi connectivity index (χ1) is 14.1. The summed E-state index contributed by atoms with van der Waals surface area (Å²) in [5.41, 5.74) is 9.11. The van der Waals surface area contributed by atoms with Gasteiger partial charge in [-0.3, -0.25) is 4.90 Å². The van der Waals surface area contributed by atoms with E-state index in [1.807, 2.05) is 0 Å². The van der Waals surface area contributed by atoms with Gasteiger partial charge < -0.3 is 10.6 Å². The molecule has 0 saturated carbocycles. The van der Waals surface area contributed by atoms with E-state index in [2.05, 4.69) is 96.1 Å². The quantitative estimate of drug-likeness (QED) is 0.656. The van der Waals surface area contributed by atoms with Gasteiger partial charge in [0, 0.05) is 49.5 Å². The summed E-state index contributed by atoms with van der Waals surface area (Å²) in [4.78, 5) is 2.54. The predicted molar refractivity (Wildman–Crippen MR) is 122 cm³/mol. The number of piperazine rings is 1. The lowest BCUT2D eigenvalue weighted by atomic mass is 9.73. The van der Waals surface area contributed by atoms with Crippen LogP contribution in [0.3, 0.4) is 0 Å². The largest absolute Gasteiger partial charge is 0.355 e. The Kier molecular flexibility index (Phi) is 4.65. The minimum absolute atomic E-state index is 0.0232. The van der Waals surface area contributed by atoms with E-state index in [0.29, 0.717) is 0 Å². The monoisotopic (exact) mass is 383 g/mol. The average molecular weight is 384 g/mol. The molecule has 0 aliphatic carbocycles. The van der Waals surface area contributed by atoms with Gasteiger partial charge in [-0.25, -0.2) is 0 Å². The van der Waals surface area contributed by atoms with Crippen molar-refractivity contribution in [1.82, 2.24) is 10.2 Å². The summed E-state index contributed by atoms with van der Waals surface area (Å²) in [6.07, 6.45) is 0. The first-order valence-corrected chi connectivity index (χ1v) is 10.6. The van der Waals surface area contributed by atoms with Crippen molar-refractivity contribution in [3.8, 4) is 11.1 Å². The molecule has 5 rings (SSSR count). The summed E-state index contributed by atoms with van der Waals surface area (Å²) in [6.45, 7) is 10.2. The van der Waals surface area contributed by atoms with Crippen LogP contribution in [0, 0.1) is 0 Å². The highest BCUT2D eigenvalue weighted by Gasteiger charge is 2.33. The number of rotatable bonds is 3. The Morgan fingerprint density at radius 2 is 1.59 bits per heavy atom. The Labute approximate surface area is 173 Å². The number of hydrogen-bond acceptors (Lipinski definition) is 3. The second-order valence-electron chi connectivity index (χ2n) is 8.78. The number of nitrogens with zero attached hydrogens (tertiary/aromatic N) is 1. The number of hydrogen-bond donors (Lipinski definition) is 2. The lowest BCUT2D eigenvalue weighted by molar-refractivity contribution is 0.233. The maximum Gasteiger partial charge on any atom is 0.0432 e. The van der Waals surface area contributed by atoms with Crippen molar-refractivity contribution >= 4 is 11.4 Å². The molecule has 2 heterocycles. The minimum atomic E-state index is -0.0232. The fourth-order valence-electron chi connectivity index (χ4n) is 4.74. The molecule has 0 spiro atoms. The summed E-state index contributed by atoms with van der Waals surface area (Å²) >= 11 is 0. The molecule has 2 aliphatic rings. The van der Waals surface area contributed by atoms with E-state index in [1.165, 1.54) is 39.2 Å². The third-order valence-corrected chi connectivity index (χ3v) is 6.44. The Bertz CT molecular complexity index is 1020. The van der Waals surface area contributed by atoms with Crippen LogP contribution in [0.15, 0.2) is 66.7 Å². The molecule has 29 heavy (non-hydrogen) atoms. The molecule has 3 aromatic carbocycles. The highest BCUT2D eigenvalue weighted by molar-refractivity contribution is 5.80. The summed E-state index contributed by atoms with van der Waals surface area (Å²) < 4.78 is 0. The van der Waals surface area contributed by atoms with Gasteiger partial charge in [0.15, 0.2) is 0 Å². The first kappa shape index (κ1) is 18.4. The van der Waals surface area contributed by atoms with Gasteiger partial charge in [-0.15, -0.1) is 0 Å². The second kappa shape index (κ2) is 7.33. The zero-order chi connectivity index (χ0) is 19.8. The Hall–Kier alpha value is -2.62. The smallest absolute Gasteiger partial charge is 0.0432 e. The molecule has 0 aromatic heterocycles. The van der Waals surface area contributed by atoms with E-state index in [4.69, 9.17) is 0 Å². The molecule has 3 aromatic rings. The van der Waals surface area contributed by atoms with Crippen molar-refractivity contribution < 1.29 is 0 Å². The Morgan fingerprint density at radius 1 is 0.793 bits per heavy atom. The fourth-order valence-corrected chi connectivity index (χ4v) is 4.74. The normalized spacial score (nSPS) is 17.9. The van der Waals surface area contributed by atoms with Gasteiger partial charge >= 0.3 is 0 Å². The summed E-state index contributed by atoms with van der Waals surface area (Å²) in [5, 5.41) is 7.15. The molecule has 3 heteroatoms. The maximum absolute atomic E-state index is 3.71. The van der Waals surface area contributed by atoms with Crippen molar-refractivity contribution in [3.05, 3.63) is 83.4 Å². The van der Waals surface area contributed by atoms with E-state index in [1.54, 1.807) is 0 Å². The van der Waals surface area contributed by atoms with Crippen LogP contribution in [0.5, 0.6) is 0 Å². The van der Waals surface area contributed by atoms with Crippen molar-refractivity contribution in [2.45, 2.75) is 25.8 Å². The van der Waals surface area contributed by atoms with Gasteiger partial charge in [-0.2, -0.15) is 0 Å². The molecule has 0 unspecified atom stereocenters. The first-order valence-electron chi connectivity index (χ1n) is 10.6. The molecular formula is C26H29N3. The van der Waals surface area contributed by atoms with Crippen molar-refractivity contribution in [2.24, 2.45) is 0 Å². The van der Waals surface area contributed by atoms with Crippen LogP contribution < -0.4 is 10.6 Å². The van der Waals surface area contributed by atoms with Crippen molar-refractivity contribution in [3.63, 3.8) is 0 Å². The molecule has 1 fully saturated rings. The number of nitrogens with one attached hydrogen (secondary N) is 2. The van der Waals surface area contributed by atoms with Gasteiger partial charge in [0.05, 0.1) is 0 Å². The maximum atomic E-state index is 3.71. The van der Waals surface area contributed by atoms with E-state index in [9.17, 15) is 0 Å². The Balaban J connectivity index is 1.47.